The summed E-state index contributed by atoms with van der Waals surface area (Å²) in [6.45, 7) is 1.14. The molecule has 0 atom stereocenters. The first kappa shape index (κ1) is 18.0. The third-order valence-electron chi connectivity index (χ3n) is 4.28. The Bertz CT molecular complexity index is 665. The molecule has 7 nitrogen and oxygen atoms in total. The van der Waals surface area contributed by atoms with Crippen molar-refractivity contribution in [2.45, 2.75) is 49.8 Å². The summed E-state index contributed by atoms with van der Waals surface area (Å²) in [5, 5.41) is 12.3. The van der Waals surface area contributed by atoms with Gasteiger partial charge < -0.3 is 14.5 Å². The Kier molecular flexibility index (Phi) is 6.52. The predicted octanol–water partition coefficient (Wildman–Crippen LogP) is 2.73. The van der Waals surface area contributed by atoms with Gasteiger partial charge in [-0.1, -0.05) is 31.0 Å². The van der Waals surface area contributed by atoms with Crippen LogP contribution in [0, 0.1) is 0 Å². The fourth-order valence-electron chi connectivity index (χ4n) is 3.01. The minimum atomic E-state index is 0.0535. The predicted molar refractivity (Wildman–Crippen MR) is 95.3 cm³/mol. The molecule has 0 unspecified atom stereocenters. The van der Waals surface area contributed by atoms with Crippen LogP contribution in [0.5, 0.6) is 0 Å². The molecule has 1 saturated carbocycles. The Labute approximate surface area is 151 Å². The third kappa shape index (κ3) is 4.85. The molecule has 136 valence electrons. The number of furan rings is 1. The molecule has 2 heterocycles. The summed E-state index contributed by atoms with van der Waals surface area (Å²) < 4.78 is 12.5. The number of ether oxygens (including phenoxy) is 1. The summed E-state index contributed by atoms with van der Waals surface area (Å²) in [4.78, 5) is 12.2. The highest BCUT2D eigenvalue weighted by Gasteiger charge is 2.19. The number of nitrogens with zero attached hydrogens (tertiary/aromatic N) is 3. The second-order valence-electron chi connectivity index (χ2n) is 6.12. The maximum atomic E-state index is 12.2. The van der Waals surface area contributed by atoms with E-state index in [9.17, 15) is 4.79 Å². The molecule has 1 N–H and O–H groups in total. The van der Waals surface area contributed by atoms with E-state index in [1.165, 1.54) is 31.0 Å². The number of hydrogen-bond acceptors (Lipinski definition) is 6. The molecule has 2 aromatic heterocycles. The molecule has 8 heteroatoms. The number of amides is 1. The summed E-state index contributed by atoms with van der Waals surface area (Å²) in [6.07, 6.45) is 7.46. The second-order valence-corrected chi connectivity index (χ2v) is 7.06. The van der Waals surface area contributed by atoms with Crippen LogP contribution >= 0.6 is 11.8 Å². The molecular formula is C17H24N4O3S. The van der Waals surface area contributed by atoms with Gasteiger partial charge in [-0.15, -0.1) is 10.2 Å². The number of aromatic nitrogens is 3. The molecule has 0 saturated heterocycles. The van der Waals surface area contributed by atoms with Crippen molar-refractivity contribution in [3.63, 3.8) is 0 Å². The van der Waals surface area contributed by atoms with Crippen molar-refractivity contribution in [1.29, 1.82) is 0 Å². The van der Waals surface area contributed by atoms with E-state index < -0.39 is 0 Å². The molecule has 0 spiro atoms. The highest BCUT2D eigenvalue weighted by molar-refractivity contribution is 7.99. The van der Waals surface area contributed by atoms with Crippen molar-refractivity contribution >= 4 is 17.7 Å². The topological polar surface area (TPSA) is 82.2 Å². The Balaban J connectivity index is 1.62. The van der Waals surface area contributed by atoms with E-state index in [1.54, 1.807) is 13.4 Å². The molecule has 1 aliphatic carbocycles. The Morgan fingerprint density at radius 2 is 2.24 bits per heavy atom. The van der Waals surface area contributed by atoms with Crippen molar-refractivity contribution in [3.05, 3.63) is 18.4 Å². The number of rotatable bonds is 8. The van der Waals surface area contributed by atoms with E-state index in [0.717, 1.165) is 12.8 Å². The first-order valence-electron chi connectivity index (χ1n) is 8.66. The molecule has 3 rings (SSSR count). The minimum absolute atomic E-state index is 0.0535. The minimum Gasteiger partial charge on any atom is -0.461 e. The average Bonchev–Trinajstić information content (AvgIpc) is 3.28. The van der Waals surface area contributed by atoms with Crippen LogP contribution in [0.2, 0.25) is 0 Å². The van der Waals surface area contributed by atoms with E-state index in [-0.39, 0.29) is 5.91 Å². The first-order chi connectivity index (χ1) is 12.3. The fraction of sp³-hybridized carbons (Fsp3) is 0.588. The van der Waals surface area contributed by atoms with Crippen molar-refractivity contribution in [1.82, 2.24) is 20.1 Å². The van der Waals surface area contributed by atoms with Crippen LogP contribution in [0.1, 0.15) is 32.1 Å². The molecule has 1 fully saturated rings. The van der Waals surface area contributed by atoms with Crippen LogP contribution in [0.15, 0.2) is 28.0 Å². The van der Waals surface area contributed by atoms with Gasteiger partial charge in [0.2, 0.25) is 11.7 Å². The van der Waals surface area contributed by atoms with E-state index >= 15 is 0 Å². The van der Waals surface area contributed by atoms with Gasteiger partial charge in [-0.3, -0.25) is 9.36 Å². The van der Waals surface area contributed by atoms with Crippen LogP contribution in [0.25, 0.3) is 11.6 Å². The van der Waals surface area contributed by atoms with Gasteiger partial charge in [0.05, 0.1) is 25.2 Å². The second kappa shape index (κ2) is 9.05. The van der Waals surface area contributed by atoms with Gasteiger partial charge in [0.15, 0.2) is 10.9 Å². The molecule has 25 heavy (non-hydrogen) atoms. The van der Waals surface area contributed by atoms with E-state index in [0.29, 0.717) is 41.7 Å². The van der Waals surface area contributed by atoms with E-state index in [4.69, 9.17) is 9.15 Å². The fourth-order valence-corrected chi connectivity index (χ4v) is 3.79. The summed E-state index contributed by atoms with van der Waals surface area (Å²) in [5.74, 6) is 1.69. The average molecular weight is 364 g/mol. The zero-order chi connectivity index (χ0) is 17.5. The summed E-state index contributed by atoms with van der Waals surface area (Å²) in [5.41, 5.74) is 0. The van der Waals surface area contributed by atoms with Gasteiger partial charge in [0.25, 0.3) is 0 Å². The largest absolute Gasteiger partial charge is 0.461 e. The Hall–Kier alpha value is -1.80. The standard InChI is InChI=1S/C17H24N4O3S/c1-23-11-9-21-16(14-8-5-10-24-14)19-20-17(21)25-12-15(22)18-13-6-3-2-4-7-13/h5,8,10,13H,2-4,6-7,9,11-12H2,1H3,(H,18,22). The van der Waals surface area contributed by atoms with Gasteiger partial charge in [0.1, 0.15) is 0 Å². The zero-order valence-corrected chi connectivity index (χ0v) is 15.3. The number of nitrogens with one attached hydrogen (secondary N) is 1. The quantitative estimate of drug-likeness (QED) is 0.725. The molecule has 0 bridgehead atoms. The van der Waals surface area contributed by atoms with Crippen LogP contribution in [0.3, 0.4) is 0 Å². The zero-order valence-electron chi connectivity index (χ0n) is 14.4. The maximum Gasteiger partial charge on any atom is 0.230 e. The lowest BCUT2D eigenvalue weighted by molar-refractivity contribution is -0.119. The van der Waals surface area contributed by atoms with Crippen molar-refractivity contribution in [3.8, 4) is 11.6 Å². The van der Waals surface area contributed by atoms with Crippen LogP contribution < -0.4 is 5.32 Å². The molecule has 1 amide bonds. The lowest BCUT2D eigenvalue weighted by Crippen LogP contribution is -2.37. The number of carbonyl (C=O) groups is 1. The van der Waals surface area contributed by atoms with Crippen molar-refractivity contribution in [2.75, 3.05) is 19.5 Å². The van der Waals surface area contributed by atoms with E-state index in [1.807, 2.05) is 16.7 Å². The lowest BCUT2D eigenvalue weighted by atomic mass is 9.95. The monoisotopic (exact) mass is 364 g/mol. The number of carbonyl (C=O) groups excluding carboxylic acids is 1. The Morgan fingerprint density at radius 3 is 2.96 bits per heavy atom. The van der Waals surface area contributed by atoms with Gasteiger partial charge in [-0.2, -0.15) is 0 Å². The van der Waals surface area contributed by atoms with Crippen LogP contribution in [-0.4, -0.2) is 46.2 Å². The molecule has 1 aliphatic rings. The SMILES string of the molecule is COCCn1c(SCC(=O)NC2CCCCC2)nnc1-c1ccco1. The highest BCUT2D eigenvalue weighted by Crippen LogP contribution is 2.24. The molecule has 0 aromatic carbocycles. The van der Waals surface area contributed by atoms with Gasteiger partial charge >= 0.3 is 0 Å². The number of methoxy groups -OCH3 is 1. The smallest absolute Gasteiger partial charge is 0.230 e. The molecule has 0 aliphatic heterocycles. The Morgan fingerprint density at radius 1 is 1.40 bits per heavy atom. The van der Waals surface area contributed by atoms with Crippen molar-refractivity contribution < 1.29 is 13.9 Å². The van der Waals surface area contributed by atoms with Crippen molar-refractivity contribution in [2.24, 2.45) is 0 Å². The lowest BCUT2D eigenvalue weighted by Gasteiger charge is -2.22. The third-order valence-corrected chi connectivity index (χ3v) is 5.25. The summed E-state index contributed by atoms with van der Waals surface area (Å²) in [6, 6.07) is 3.99. The van der Waals surface area contributed by atoms with E-state index in [2.05, 4.69) is 15.5 Å². The molecule has 2 aromatic rings. The molecule has 0 radical (unpaired) electrons. The van der Waals surface area contributed by atoms with Gasteiger partial charge in [0, 0.05) is 13.2 Å². The van der Waals surface area contributed by atoms with Crippen LogP contribution in [0.4, 0.5) is 0 Å². The normalized spacial score (nSPS) is 15.4. The maximum absolute atomic E-state index is 12.2. The van der Waals surface area contributed by atoms with Gasteiger partial charge in [-0.25, -0.2) is 0 Å². The van der Waals surface area contributed by atoms with Crippen LogP contribution in [-0.2, 0) is 16.1 Å². The summed E-state index contributed by atoms with van der Waals surface area (Å²) >= 11 is 1.39. The highest BCUT2D eigenvalue weighted by atomic mass is 32.2. The first-order valence-corrected chi connectivity index (χ1v) is 9.64. The molecular weight excluding hydrogens is 340 g/mol. The number of thioether (sulfide) groups is 1. The van der Waals surface area contributed by atoms with Gasteiger partial charge in [-0.05, 0) is 25.0 Å². The number of hydrogen-bond donors (Lipinski definition) is 1. The summed E-state index contributed by atoms with van der Waals surface area (Å²) in [7, 11) is 1.65.